The maximum atomic E-state index is 12.5. The number of benzene rings is 1. The average Bonchev–Trinajstić information content (AvgIpc) is 2.60. The molecule has 8 heteroatoms. The molecule has 0 saturated heterocycles. The van der Waals surface area contributed by atoms with Crippen molar-refractivity contribution in [3.05, 3.63) is 30.0 Å². The summed E-state index contributed by atoms with van der Waals surface area (Å²) in [5.74, 6) is 1.29. The van der Waals surface area contributed by atoms with Gasteiger partial charge in [-0.1, -0.05) is 0 Å². The fourth-order valence-corrected chi connectivity index (χ4v) is 2.55. The quantitative estimate of drug-likeness (QED) is 0.611. The molecule has 0 radical (unpaired) electrons. The molecule has 0 saturated carbocycles. The third-order valence-corrected chi connectivity index (χ3v) is 3.84. The minimum atomic E-state index is -0.231. The van der Waals surface area contributed by atoms with Crippen molar-refractivity contribution in [2.24, 2.45) is 0 Å². The number of nitrogen functional groups attached to an aromatic ring is 1. The second-order valence-corrected chi connectivity index (χ2v) is 6.44. The van der Waals surface area contributed by atoms with Crippen LogP contribution in [0.5, 0.6) is 5.75 Å². The summed E-state index contributed by atoms with van der Waals surface area (Å²) in [6.45, 7) is 5.10. The van der Waals surface area contributed by atoms with E-state index in [2.05, 4.69) is 25.9 Å². The number of hydrogen-bond donors (Lipinski definition) is 4. The third-order valence-electron chi connectivity index (χ3n) is 3.84. The highest BCUT2D eigenvalue weighted by molar-refractivity contribution is 5.99. The number of nitrogens with zero attached hydrogens (tertiary/aromatic N) is 2. The highest BCUT2D eigenvalue weighted by Gasteiger charge is 2.17. The van der Waals surface area contributed by atoms with E-state index in [-0.39, 0.29) is 11.9 Å². The maximum absolute atomic E-state index is 12.5. The minimum absolute atomic E-state index is 0.0128. The first-order chi connectivity index (χ1) is 12.5. The number of nitrogens with two attached hydrogens (primary N) is 1. The van der Waals surface area contributed by atoms with Crippen molar-refractivity contribution in [1.29, 1.82) is 0 Å². The van der Waals surface area contributed by atoms with Gasteiger partial charge in [0.15, 0.2) is 0 Å². The molecule has 138 valence electrons. The molecule has 1 aromatic carbocycles. The maximum Gasteiger partial charge on any atom is 0.256 e. The number of carbonyl (C=O) groups is 1. The predicted octanol–water partition coefficient (Wildman–Crippen LogP) is 2.53. The van der Waals surface area contributed by atoms with Crippen LogP contribution in [0.4, 0.5) is 23.1 Å². The van der Waals surface area contributed by atoms with Crippen LogP contribution in [-0.4, -0.2) is 35.1 Å². The van der Waals surface area contributed by atoms with E-state index in [0.717, 1.165) is 18.5 Å². The fraction of sp³-hybridized carbons (Fsp3) is 0.389. The van der Waals surface area contributed by atoms with Crippen LogP contribution in [0, 0.1) is 0 Å². The van der Waals surface area contributed by atoms with Crippen LogP contribution in [-0.2, 0) is 0 Å². The fourth-order valence-electron chi connectivity index (χ4n) is 2.55. The first-order valence-corrected chi connectivity index (χ1v) is 8.74. The average molecular weight is 356 g/mol. The first kappa shape index (κ1) is 17.8. The van der Waals surface area contributed by atoms with Crippen molar-refractivity contribution in [3.63, 3.8) is 0 Å². The molecule has 0 unspecified atom stereocenters. The van der Waals surface area contributed by atoms with E-state index in [1.807, 2.05) is 26.0 Å². The van der Waals surface area contributed by atoms with Crippen molar-refractivity contribution in [3.8, 4) is 5.75 Å². The van der Waals surface area contributed by atoms with Crippen LogP contribution < -0.4 is 26.4 Å². The van der Waals surface area contributed by atoms with Gasteiger partial charge in [-0.25, -0.2) is 4.98 Å². The zero-order valence-electron chi connectivity index (χ0n) is 15.0. The Balaban J connectivity index is 1.99. The number of anilines is 4. The third kappa shape index (κ3) is 4.33. The topological polar surface area (TPSA) is 114 Å². The van der Waals surface area contributed by atoms with Crippen molar-refractivity contribution in [2.45, 2.75) is 32.7 Å². The number of aromatic nitrogens is 2. The van der Waals surface area contributed by atoms with Crippen LogP contribution in [0.25, 0.3) is 0 Å². The summed E-state index contributed by atoms with van der Waals surface area (Å²) in [4.78, 5) is 21.2. The van der Waals surface area contributed by atoms with Gasteiger partial charge in [-0.3, -0.25) is 4.79 Å². The van der Waals surface area contributed by atoms with Crippen LogP contribution in [0.2, 0.25) is 0 Å². The Labute approximate surface area is 152 Å². The molecule has 3 rings (SSSR count). The molecular weight excluding hydrogens is 332 g/mol. The Morgan fingerprint density at radius 1 is 1.35 bits per heavy atom. The second kappa shape index (κ2) is 7.90. The van der Waals surface area contributed by atoms with Crippen molar-refractivity contribution < 1.29 is 9.53 Å². The largest absolute Gasteiger partial charge is 0.491 e. The first-order valence-electron chi connectivity index (χ1n) is 8.74. The van der Waals surface area contributed by atoms with Crippen LogP contribution in [0.3, 0.4) is 0 Å². The van der Waals surface area contributed by atoms with Crippen molar-refractivity contribution >= 4 is 29.0 Å². The monoisotopic (exact) mass is 356 g/mol. The Morgan fingerprint density at radius 3 is 3.00 bits per heavy atom. The van der Waals surface area contributed by atoms with Gasteiger partial charge in [0.1, 0.15) is 17.1 Å². The number of fused-ring (bicyclic) bond motifs is 4. The number of ether oxygens (including phenoxy) is 1. The van der Waals surface area contributed by atoms with Gasteiger partial charge >= 0.3 is 0 Å². The van der Waals surface area contributed by atoms with Gasteiger partial charge in [0.05, 0.1) is 12.3 Å². The highest BCUT2D eigenvalue weighted by atomic mass is 16.5. The molecule has 2 aromatic rings. The van der Waals surface area contributed by atoms with E-state index < -0.39 is 0 Å². The molecule has 5 N–H and O–H groups in total. The highest BCUT2D eigenvalue weighted by Crippen LogP contribution is 2.28. The van der Waals surface area contributed by atoms with Crippen LogP contribution in [0.1, 0.15) is 37.0 Å². The van der Waals surface area contributed by atoms with Gasteiger partial charge in [-0.05, 0) is 38.8 Å². The van der Waals surface area contributed by atoms with Gasteiger partial charge in [0, 0.05) is 30.5 Å². The minimum Gasteiger partial charge on any atom is -0.491 e. The molecule has 0 aliphatic carbocycles. The zero-order chi connectivity index (χ0) is 18.5. The lowest BCUT2D eigenvalue weighted by atomic mass is 10.2. The molecule has 0 fully saturated rings. The smallest absolute Gasteiger partial charge is 0.256 e. The van der Waals surface area contributed by atoms with E-state index in [1.165, 1.54) is 6.20 Å². The zero-order valence-corrected chi connectivity index (χ0v) is 15.0. The van der Waals surface area contributed by atoms with E-state index in [1.54, 1.807) is 6.07 Å². The van der Waals surface area contributed by atoms with E-state index in [0.29, 0.717) is 41.9 Å². The van der Waals surface area contributed by atoms with Gasteiger partial charge in [-0.2, -0.15) is 4.98 Å². The van der Waals surface area contributed by atoms with E-state index >= 15 is 0 Å². The standard InChI is InChI=1S/C18H24N6O2/c1-11(2)22-17(25)13-10-21-18-20-7-3-4-8-26-15-9-12(5-6-14(15)19)23-16(13)24-18/h5-6,9-11H,3-4,7-8,19H2,1-2H3,(H,22,25)(H2,20,21,23,24). The summed E-state index contributed by atoms with van der Waals surface area (Å²) in [6.07, 6.45) is 3.32. The van der Waals surface area contributed by atoms with Crippen molar-refractivity contribution in [2.75, 3.05) is 29.5 Å². The molecule has 4 bridgehead atoms. The summed E-state index contributed by atoms with van der Waals surface area (Å²) in [7, 11) is 0. The normalized spacial score (nSPS) is 14.0. The van der Waals surface area contributed by atoms with Gasteiger partial charge in [-0.15, -0.1) is 0 Å². The Kier molecular flexibility index (Phi) is 5.40. The van der Waals surface area contributed by atoms with Crippen molar-refractivity contribution in [1.82, 2.24) is 15.3 Å². The molecular formula is C18H24N6O2. The lowest BCUT2D eigenvalue weighted by molar-refractivity contribution is 0.0943. The molecule has 1 aliphatic rings. The molecule has 1 amide bonds. The lowest BCUT2D eigenvalue weighted by Crippen LogP contribution is -2.31. The lowest BCUT2D eigenvalue weighted by Gasteiger charge is -2.15. The van der Waals surface area contributed by atoms with Gasteiger partial charge < -0.3 is 26.4 Å². The molecule has 1 aromatic heterocycles. The molecule has 0 atom stereocenters. The number of hydrogen-bond acceptors (Lipinski definition) is 7. The molecule has 0 spiro atoms. The number of carbonyl (C=O) groups excluding carboxylic acids is 1. The molecule has 1 aliphatic heterocycles. The predicted molar refractivity (Wildman–Crippen MR) is 102 cm³/mol. The summed E-state index contributed by atoms with van der Waals surface area (Å²) >= 11 is 0. The number of nitrogens with one attached hydrogen (secondary N) is 3. The van der Waals surface area contributed by atoms with Gasteiger partial charge in [0.2, 0.25) is 5.95 Å². The summed E-state index contributed by atoms with van der Waals surface area (Å²) in [6, 6.07) is 5.41. The van der Waals surface area contributed by atoms with Crippen LogP contribution >= 0.6 is 0 Å². The molecule has 8 nitrogen and oxygen atoms in total. The summed E-state index contributed by atoms with van der Waals surface area (Å²) in [5.41, 5.74) is 7.67. The number of rotatable bonds is 2. The SMILES string of the molecule is CC(C)NC(=O)c1cnc2nc1Nc1ccc(N)c(c1)OCCCCN2. The Hall–Kier alpha value is -3.03. The van der Waals surface area contributed by atoms with Gasteiger partial charge in [0.25, 0.3) is 5.91 Å². The van der Waals surface area contributed by atoms with E-state index in [9.17, 15) is 4.79 Å². The Bertz CT molecular complexity index is 793. The summed E-state index contributed by atoms with van der Waals surface area (Å²) in [5, 5.41) is 9.22. The Morgan fingerprint density at radius 2 is 2.19 bits per heavy atom. The van der Waals surface area contributed by atoms with Crippen LogP contribution in [0.15, 0.2) is 24.4 Å². The summed E-state index contributed by atoms with van der Waals surface area (Å²) < 4.78 is 5.77. The van der Waals surface area contributed by atoms with E-state index in [4.69, 9.17) is 10.5 Å². The second-order valence-electron chi connectivity index (χ2n) is 6.44. The molecule has 2 heterocycles. The molecule has 26 heavy (non-hydrogen) atoms. The number of amides is 1.